The molecule has 2 unspecified atom stereocenters. The predicted molar refractivity (Wildman–Crippen MR) is 71.3 cm³/mol. The summed E-state index contributed by atoms with van der Waals surface area (Å²) in [6.45, 7) is 8.80. The fraction of sp³-hybridized carbons (Fsp3) is 0.600. The molecule has 96 valence electrons. The summed E-state index contributed by atoms with van der Waals surface area (Å²) in [5.74, 6) is 1.01. The first kappa shape index (κ1) is 14.0. The maximum Gasteiger partial charge on any atom is 0.125 e. The summed E-state index contributed by atoms with van der Waals surface area (Å²) >= 11 is 0. The van der Waals surface area contributed by atoms with Crippen LogP contribution in [0.25, 0.3) is 0 Å². The minimum atomic E-state index is -0.834. The maximum absolute atomic E-state index is 10.7. The Labute approximate surface area is 105 Å². The number of rotatable bonds is 6. The van der Waals surface area contributed by atoms with Gasteiger partial charge in [-0.05, 0) is 25.3 Å². The lowest BCUT2D eigenvalue weighted by atomic mass is 9.82. The lowest BCUT2D eigenvalue weighted by molar-refractivity contribution is -0.00242. The van der Waals surface area contributed by atoms with E-state index in [9.17, 15) is 5.11 Å². The topological polar surface area (TPSA) is 29.5 Å². The molecule has 0 aliphatic heterocycles. The molecule has 0 aromatic heterocycles. The summed E-state index contributed by atoms with van der Waals surface area (Å²) in [7, 11) is 0. The van der Waals surface area contributed by atoms with Crippen molar-refractivity contribution in [1.29, 1.82) is 0 Å². The van der Waals surface area contributed by atoms with Crippen LogP contribution >= 0.6 is 0 Å². The van der Waals surface area contributed by atoms with Gasteiger partial charge in [-0.3, -0.25) is 0 Å². The van der Waals surface area contributed by atoms with Crippen molar-refractivity contribution in [3.05, 3.63) is 29.8 Å². The van der Waals surface area contributed by atoms with E-state index in [1.54, 1.807) is 0 Å². The van der Waals surface area contributed by atoms with E-state index in [2.05, 4.69) is 20.8 Å². The monoisotopic (exact) mass is 236 g/mol. The van der Waals surface area contributed by atoms with Crippen LogP contribution in [0.3, 0.4) is 0 Å². The van der Waals surface area contributed by atoms with Crippen LogP contribution in [0.5, 0.6) is 5.75 Å². The van der Waals surface area contributed by atoms with Crippen molar-refractivity contribution in [1.82, 2.24) is 0 Å². The largest absolute Gasteiger partial charge is 0.493 e. The van der Waals surface area contributed by atoms with Gasteiger partial charge < -0.3 is 9.84 Å². The van der Waals surface area contributed by atoms with Gasteiger partial charge in [-0.1, -0.05) is 45.4 Å². The highest BCUT2D eigenvalue weighted by atomic mass is 16.5. The van der Waals surface area contributed by atoms with Gasteiger partial charge in [0.15, 0.2) is 0 Å². The Balaban J connectivity index is 3.03. The molecule has 2 heteroatoms. The average molecular weight is 236 g/mol. The molecule has 2 atom stereocenters. The minimum absolute atomic E-state index is 0.203. The number of para-hydroxylation sites is 1. The molecule has 1 N–H and O–H groups in total. The molecular formula is C15H24O2. The molecule has 0 spiro atoms. The second-order valence-corrected chi connectivity index (χ2v) is 4.80. The van der Waals surface area contributed by atoms with Crippen molar-refractivity contribution in [2.24, 2.45) is 5.92 Å². The number of benzene rings is 1. The van der Waals surface area contributed by atoms with E-state index in [0.717, 1.165) is 24.2 Å². The first-order valence-electron chi connectivity index (χ1n) is 6.48. The number of hydrogen-bond donors (Lipinski definition) is 1. The Kier molecular flexibility index (Phi) is 5.01. The Morgan fingerprint density at radius 3 is 2.53 bits per heavy atom. The third-order valence-electron chi connectivity index (χ3n) is 3.47. The van der Waals surface area contributed by atoms with Crippen molar-refractivity contribution in [2.45, 2.75) is 46.1 Å². The molecule has 0 saturated carbocycles. The Morgan fingerprint density at radius 2 is 1.94 bits per heavy atom. The molecular weight excluding hydrogens is 212 g/mol. The van der Waals surface area contributed by atoms with Crippen molar-refractivity contribution < 1.29 is 9.84 Å². The zero-order valence-electron chi connectivity index (χ0n) is 11.4. The van der Waals surface area contributed by atoms with Gasteiger partial charge in [0.05, 0.1) is 12.2 Å². The van der Waals surface area contributed by atoms with Crippen LogP contribution in [0, 0.1) is 5.92 Å². The normalized spacial score (nSPS) is 16.3. The lowest BCUT2D eigenvalue weighted by Gasteiger charge is -2.31. The minimum Gasteiger partial charge on any atom is -0.493 e. The predicted octanol–water partition coefficient (Wildman–Crippen LogP) is 3.73. The van der Waals surface area contributed by atoms with Gasteiger partial charge >= 0.3 is 0 Å². The number of aliphatic hydroxyl groups is 1. The summed E-state index contributed by atoms with van der Waals surface area (Å²) in [6.07, 6.45) is 1.91. The van der Waals surface area contributed by atoms with Gasteiger partial charge in [0.25, 0.3) is 0 Å². The van der Waals surface area contributed by atoms with E-state index in [0.29, 0.717) is 6.61 Å². The third-order valence-corrected chi connectivity index (χ3v) is 3.47. The molecule has 0 aliphatic rings. The molecule has 17 heavy (non-hydrogen) atoms. The van der Waals surface area contributed by atoms with E-state index in [1.165, 1.54) is 0 Å². The van der Waals surface area contributed by atoms with Crippen LogP contribution in [0.2, 0.25) is 0 Å². The van der Waals surface area contributed by atoms with E-state index in [4.69, 9.17) is 4.74 Å². The summed E-state index contributed by atoms with van der Waals surface area (Å²) in [5.41, 5.74) is 0.0572. The highest BCUT2D eigenvalue weighted by Crippen LogP contribution is 2.36. The quantitative estimate of drug-likeness (QED) is 0.815. The molecule has 1 rings (SSSR count). The van der Waals surface area contributed by atoms with Crippen molar-refractivity contribution in [3.63, 3.8) is 0 Å². The highest BCUT2D eigenvalue weighted by Gasteiger charge is 2.31. The molecule has 0 fully saturated rings. The smallest absolute Gasteiger partial charge is 0.125 e. The van der Waals surface area contributed by atoms with Crippen LogP contribution in [0.15, 0.2) is 24.3 Å². The van der Waals surface area contributed by atoms with Crippen molar-refractivity contribution in [2.75, 3.05) is 6.61 Å². The van der Waals surface area contributed by atoms with Crippen LogP contribution in [-0.4, -0.2) is 11.7 Å². The van der Waals surface area contributed by atoms with Gasteiger partial charge in [0, 0.05) is 5.56 Å². The second-order valence-electron chi connectivity index (χ2n) is 4.80. The first-order chi connectivity index (χ1) is 8.04. The zero-order chi connectivity index (χ0) is 12.9. The van der Waals surface area contributed by atoms with Crippen LogP contribution in [0.4, 0.5) is 0 Å². The van der Waals surface area contributed by atoms with Gasteiger partial charge in [0.1, 0.15) is 5.75 Å². The Bertz CT molecular complexity index is 345. The van der Waals surface area contributed by atoms with Crippen LogP contribution in [-0.2, 0) is 5.60 Å². The second kappa shape index (κ2) is 6.06. The molecule has 2 nitrogen and oxygen atoms in total. The fourth-order valence-electron chi connectivity index (χ4n) is 1.89. The SMILES string of the molecule is CCCOc1ccccc1C(C)(O)C(C)CC. The van der Waals surface area contributed by atoms with Crippen molar-refractivity contribution >= 4 is 0 Å². The average Bonchev–Trinajstić information content (AvgIpc) is 2.35. The number of ether oxygens (including phenoxy) is 1. The molecule has 0 bridgehead atoms. The molecule has 0 aliphatic carbocycles. The zero-order valence-corrected chi connectivity index (χ0v) is 11.4. The maximum atomic E-state index is 10.7. The lowest BCUT2D eigenvalue weighted by Crippen LogP contribution is -2.30. The van der Waals surface area contributed by atoms with Crippen molar-refractivity contribution in [3.8, 4) is 5.75 Å². The molecule has 1 aromatic carbocycles. The van der Waals surface area contributed by atoms with E-state index >= 15 is 0 Å². The standard InChI is InChI=1S/C15H24O2/c1-5-11-17-14-10-8-7-9-13(14)15(4,16)12(3)6-2/h7-10,12,16H,5-6,11H2,1-4H3. The summed E-state index contributed by atoms with van der Waals surface area (Å²) in [4.78, 5) is 0. The van der Waals surface area contributed by atoms with Gasteiger partial charge in [-0.2, -0.15) is 0 Å². The van der Waals surface area contributed by atoms with Crippen LogP contribution in [0.1, 0.15) is 46.1 Å². The summed E-state index contributed by atoms with van der Waals surface area (Å²) in [5, 5.41) is 10.7. The Hall–Kier alpha value is -1.02. The van der Waals surface area contributed by atoms with E-state index in [1.807, 2.05) is 31.2 Å². The van der Waals surface area contributed by atoms with Crippen LogP contribution < -0.4 is 4.74 Å². The number of hydrogen-bond acceptors (Lipinski definition) is 2. The van der Waals surface area contributed by atoms with Gasteiger partial charge in [0.2, 0.25) is 0 Å². The molecule has 0 heterocycles. The fourth-order valence-corrected chi connectivity index (χ4v) is 1.89. The molecule has 0 radical (unpaired) electrons. The summed E-state index contributed by atoms with van der Waals surface area (Å²) in [6, 6.07) is 7.78. The van der Waals surface area contributed by atoms with Gasteiger partial charge in [-0.15, -0.1) is 0 Å². The first-order valence-corrected chi connectivity index (χ1v) is 6.48. The van der Waals surface area contributed by atoms with E-state index in [-0.39, 0.29) is 5.92 Å². The third kappa shape index (κ3) is 3.22. The molecule has 0 amide bonds. The van der Waals surface area contributed by atoms with E-state index < -0.39 is 5.60 Å². The summed E-state index contributed by atoms with van der Waals surface area (Å²) < 4.78 is 5.71. The molecule has 0 saturated heterocycles. The molecule has 1 aromatic rings. The highest BCUT2D eigenvalue weighted by molar-refractivity contribution is 5.38. The van der Waals surface area contributed by atoms with Gasteiger partial charge in [-0.25, -0.2) is 0 Å². The Morgan fingerprint density at radius 1 is 1.29 bits per heavy atom.